The number of anilines is 1. The third-order valence-corrected chi connectivity index (χ3v) is 5.57. The number of aliphatic hydroxyl groups is 1. The Morgan fingerprint density at radius 1 is 1.09 bits per heavy atom. The first-order valence-corrected chi connectivity index (χ1v) is 10.8. The van der Waals surface area contributed by atoms with Crippen LogP contribution in [0.1, 0.15) is 19.3 Å². The second-order valence-corrected chi connectivity index (χ2v) is 7.93. The van der Waals surface area contributed by atoms with Crippen molar-refractivity contribution in [2.75, 3.05) is 11.9 Å². The maximum absolute atomic E-state index is 13.1. The zero-order valence-corrected chi connectivity index (χ0v) is 17.8. The molecular formula is C23H25F2N5O3. The van der Waals surface area contributed by atoms with Crippen LogP contribution >= 0.6 is 0 Å². The van der Waals surface area contributed by atoms with Crippen LogP contribution in [0.5, 0.6) is 0 Å². The third kappa shape index (κ3) is 6.11. The number of aliphatic hydroxyl groups excluding tert-OH is 1. The Bertz CT molecular complexity index is 1060. The van der Waals surface area contributed by atoms with Gasteiger partial charge in [0.05, 0.1) is 24.9 Å². The Morgan fingerprint density at radius 3 is 2.48 bits per heavy atom. The molecule has 0 unspecified atom stereocenters. The van der Waals surface area contributed by atoms with Crippen LogP contribution in [0.3, 0.4) is 0 Å². The molecular weight excluding hydrogens is 432 g/mol. The number of rotatable bonds is 7. The first kappa shape index (κ1) is 22.8. The van der Waals surface area contributed by atoms with Crippen molar-refractivity contribution >= 4 is 11.7 Å². The minimum absolute atomic E-state index is 0.0983. The molecule has 33 heavy (non-hydrogen) atoms. The third-order valence-electron chi connectivity index (χ3n) is 5.57. The predicted molar refractivity (Wildman–Crippen MR) is 117 cm³/mol. The summed E-state index contributed by atoms with van der Waals surface area (Å²) in [5, 5.41) is 23.5. The molecule has 3 N–H and O–H groups in total. The molecule has 0 spiro atoms. The van der Waals surface area contributed by atoms with Gasteiger partial charge in [0.25, 0.3) is 0 Å². The summed E-state index contributed by atoms with van der Waals surface area (Å²) < 4.78 is 33.8. The SMILES string of the molecule is O=C(Nc1ccc(F)cc1)N[C@@H]1CC[C@H](CCn2cc(-c3ccc(F)cc3)nn2)O[C@@H]1CO. The molecule has 2 aromatic carbocycles. The highest BCUT2D eigenvalue weighted by Crippen LogP contribution is 2.23. The van der Waals surface area contributed by atoms with E-state index in [1.807, 2.05) is 0 Å². The molecule has 2 amide bonds. The molecule has 174 valence electrons. The van der Waals surface area contributed by atoms with Crippen LogP contribution in [-0.2, 0) is 11.3 Å². The van der Waals surface area contributed by atoms with Gasteiger partial charge in [0, 0.05) is 17.8 Å². The highest BCUT2D eigenvalue weighted by atomic mass is 19.1. The molecule has 1 aliphatic rings. The lowest BCUT2D eigenvalue weighted by atomic mass is 9.97. The second-order valence-electron chi connectivity index (χ2n) is 7.93. The van der Waals surface area contributed by atoms with Crippen LogP contribution < -0.4 is 10.6 Å². The average molecular weight is 457 g/mol. The molecule has 0 aliphatic carbocycles. The van der Waals surface area contributed by atoms with E-state index in [9.17, 15) is 18.7 Å². The Balaban J connectivity index is 1.26. The Kier molecular flexibility index (Phi) is 7.26. The second kappa shape index (κ2) is 10.5. The largest absolute Gasteiger partial charge is 0.394 e. The molecule has 4 rings (SSSR count). The zero-order chi connectivity index (χ0) is 23.2. The molecule has 0 saturated carbocycles. The number of urea groups is 1. The number of halogens is 2. The number of aryl methyl sites for hydroxylation is 1. The van der Waals surface area contributed by atoms with E-state index in [2.05, 4.69) is 20.9 Å². The summed E-state index contributed by atoms with van der Waals surface area (Å²) in [6.07, 6.45) is 3.18. The average Bonchev–Trinajstić information content (AvgIpc) is 3.29. The van der Waals surface area contributed by atoms with Gasteiger partial charge in [-0.2, -0.15) is 0 Å². The van der Waals surface area contributed by atoms with Crippen molar-refractivity contribution in [1.82, 2.24) is 20.3 Å². The number of benzene rings is 2. The van der Waals surface area contributed by atoms with E-state index >= 15 is 0 Å². The summed E-state index contributed by atoms with van der Waals surface area (Å²) in [4.78, 5) is 12.3. The molecule has 8 nitrogen and oxygen atoms in total. The van der Waals surface area contributed by atoms with Crippen molar-refractivity contribution in [3.8, 4) is 11.3 Å². The summed E-state index contributed by atoms with van der Waals surface area (Å²) >= 11 is 0. The zero-order valence-electron chi connectivity index (χ0n) is 17.8. The van der Waals surface area contributed by atoms with E-state index in [0.29, 0.717) is 37.2 Å². The van der Waals surface area contributed by atoms with E-state index in [-0.39, 0.29) is 30.4 Å². The predicted octanol–water partition coefficient (Wildman–Crippen LogP) is 3.34. The van der Waals surface area contributed by atoms with E-state index < -0.39 is 12.1 Å². The van der Waals surface area contributed by atoms with Crippen LogP contribution in [0.15, 0.2) is 54.7 Å². The minimum Gasteiger partial charge on any atom is -0.394 e. The summed E-state index contributed by atoms with van der Waals surface area (Å²) in [7, 11) is 0. The highest BCUT2D eigenvalue weighted by Gasteiger charge is 2.31. The van der Waals surface area contributed by atoms with Crippen LogP contribution in [0.4, 0.5) is 19.3 Å². The van der Waals surface area contributed by atoms with E-state index in [1.54, 1.807) is 23.0 Å². The molecule has 1 fully saturated rings. The molecule has 1 saturated heterocycles. The molecule has 1 aliphatic heterocycles. The van der Waals surface area contributed by atoms with E-state index in [1.165, 1.54) is 36.4 Å². The lowest BCUT2D eigenvalue weighted by Gasteiger charge is -2.36. The number of aromatic nitrogens is 3. The number of carbonyl (C=O) groups is 1. The van der Waals surface area contributed by atoms with E-state index in [0.717, 1.165) is 5.56 Å². The van der Waals surface area contributed by atoms with Gasteiger partial charge < -0.3 is 20.5 Å². The van der Waals surface area contributed by atoms with Gasteiger partial charge in [-0.25, -0.2) is 13.6 Å². The Hall–Kier alpha value is -3.37. The monoisotopic (exact) mass is 457 g/mol. The Morgan fingerprint density at radius 2 is 1.79 bits per heavy atom. The van der Waals surface area contributed by atoms with Gasteiger partial charge in [0.1, 0.15) is 23.4 Å². The van der Waals surface area contributed by atoms with Crippen molar-refractivity contribution in [2.24, 2.45) is 0 Å². The fraction of sp³-hybridized carbons (Fsp3) is 0.348. The molecule has 2 heterocycles. The van der Waals surface area contributed by atoms with Crippen LogP contribution in [-0.4, -0.2) is 51.0 Å². The van der Waals surface area contributed by atoms with Gasteiger partial charge >= 0.3 is 6.03 Å². The van der Waals surface area contributed by atoms with Crippen molar-refractivity contribution in [3.63, 3.8) is 0 Å². The van der Waals surface area contributed by atoms with Crippen LogP contribution in [0.25, 0.3) is 11.3 Å². The summed E-state index contributed by atoms with van der Waals surface area (Å²) in [5.74, 6) is -0.689. The molecule has 3 atom stereocenters. The standard InChI is InChI=1S/C23H25F2N5O3/c24-16-3-1-15(2-4-16)21-13-30(29-28-21)12-11-19-9-10-20(22(14-31)33-19)27-23(32)26-18-7-5-17(25)6-8-18/h1-8,13,19-20,22,31H,9-12,14H2,(H2,26,27,32)/t19-,20-,22-/m1/s1. The van der Waals surface area contributed by atoms with Gasteiger partial charge in [-0.05, 0) is 67.8 Å². The van der Waals surface area contributed by atoms with E-state index in [4.69, 9.17) is 4.74 Å². The minimum atomic E-state index is -0.534. The normalized spacial score (nSPS) is 20.4. The first-order valence-electron chi connectivity index (χ1n) is 10.8. The lowest BCUT2D eigenvalue weighted by Crippen LogP contribution is -2.52. The van der Waals surface area contributed by atoms with Gasteiger partial charge in [-0.15, -0.1) is 5.10 Å². The molecule has 10 heteroatoms. The quantitative estimate of drug-likeness (QED) is 0.505. The maximum Gasteiger partial charge on any atom is 0.319 e. The van der Waals surface area contributed by atoms with Crippen molar-refractivity contribution < 1.29 is 23.4 Å². The smallest absolute Gasteiger partial charge is 0.319 e. The highest BCUT2D eigenvalue weighted by molar-refractivity contribution is 5.89. The number of amides is 2. The lowest BCUT2D eigenvalue weighted by molar-refractivity contribution is -0.0905. The van der Waals surface area contributed by atoms with Gasteiger partial charge in [0.15, 0.2) is 0 Å². The Labute approximate surface area is 189 Å². The first-order chi connectivity index (χ1) is 16.0. The molecule has 0 bridgehead atoms. The summed E-state index contributed by atoms with van der Waals surface area (Å²) in [6, 6.07) is 10.7. The topological polar surface area (TPSA) is 101 Å². The fourth-order valence-corrected chi connectivity index (χ4v) is 3.81. The van der Waals surface area contributed by atoms with Gasteiger partial charge in [-0.3, -0.25) is 4.68 Å². The fourth-order valence-electron chi connectivity index (χ4n) is 3.81. The van der Waals surface area contributed by atoms with Gasteiger partial charge in [0.2, 0.25) is 0 Å². The van der Waals surface area contributed by atoms with Crippen molar-refractivity contribution in [2.45, 2.75) is 44.1 Å². The summed E-state index contributed by atoms with van der Waals surface area (Å²) in [5.41, 5.74) is 1.91. The number of nitrogens with zero attached hydrogens (tertiary/aromatic N) is 3. The van der Waals surface area contributed by atoms with Gasteiger partial charge in [-0.1, -0.05) is 5.21 Å². The van der Waals surface area contributed by atoms with Crippen molar-refractivity contribution in [1.29, 1.82) is 0 Å². The molecule has 3 aromatic rings. The van der Waals surface area contributed by atoms with Crippen LogP contribution in [0, 0.1) is 11.6 Å². The maximum atomic E-state index is 13.1. The molecule has 0 radical (unpaired) electrons. The van der Waals surface area contributed by atoms with Crippen molar-refractivity contribution in [3.05, 3.63) is 66.4 Å². The summed E-state index contributed by atoms with van der Waals surface area (Å²) in [6.45, 7) is 0.343. The molecule has 1 aromatic heterocycles. The number of hydrogen-bond donors (Lipinski definition) is 3. The number of hydrogen-bond acceptors (Lipinski definition) is 5. The number of nitrogens with one attached hydrogen (secondary N) is 2. The van der Waals surface area contributed by atoms with Crippen LogP contribution in [0.2, 0.25) is 0 Å². The number of ether oxygens (including phenoxy) is 1. The number of carbonyl (C=O) groups excluding carboxylic acids is 1.